The lowest BCUT2D eigenvalue weighted by Crippen LogP contribution is -1.96. The summed E-state index contributed by atoms with van der Waals surface area (Å²) < 4.78 is 1.79. The number of halogens is 1. The van der Waals surface area contributed by atoms with Crippen LogP contribution in [-0.4, -0.2) is 9.78 Å². The smallest absolute Gasteiger partial charge is 0.0753 e. The first-order chi connectivity index (χ1) is 8.22. The molecule has 3 heteroatoms. The van der Waals surface area contributed by atoms with Crippen LogP contribution in [0.5, 0.6) is 0 Å². The summed E-state index contributed by atoms with van der Waals surface area (Å²) in [6.07, 6.45) is 0. The Morgan fingerprint density at radius 1 is 1.24 bits per heavy atom. The molecule has 0 aliphatic rings. The van der Waals surface area contributed by atoms with Crippen LogP contribution in [0.25, 0.3) is 0 Å². The van der Waals surface area contributed by atoms with Crippen molar-refractivity contribution in [3.8, 4) is 11.8 Å². The molecule has 0 amide bonds. The minimum absolute atomic E-state index is 0.427. The van der Waals surface area contributed by atoms with Crippen LogP contribution in [0.1, 0.15) is 22.5 Å². The maximum atomic E-state index is 5.90. The average molecular weight is 245 g/mol. The zero-order chi connectivity index (χ0) is 12.3. The fourth-order valence-corrected chi connectivity index (χ4v) is 1.98. The van der Waals surface area contributed by atoms with Crippen LogP contribution in [0.15, 0.2) is 30.3 Å². The van der Waals surface area contributed by atoms with Gasteiger partial charge in [-0.1, -0.05) is 30.0 Å². The molecular formula is C14H13ClN2. The maximum absolute atomic E-state index is 5.90. The Kier molecular flexibility index (Phi) is 3.51. The zero-order valence-corrected chi connectivity index (χ0v) is 10.6. The number of aromatic nitrogens is 2. The van der Waals surface area contributed by atoms with Crippen molar-refractivity contribution in [2.75, 3.05) is 0 Å². The Labute approximate surface area is 106 Å². The number of benzene rings is 1. The summed E-state index contributed by atoms with van der Waals surface area (Å²) in [5.41, 5.74) is 3.82. The van der Waals surface area contributed by atoms with Crippen LogP contribution in [0.4, 0.5) is 0 Å². The van der Waals surface area contributed by atoms with Crippen molar-refractivity contribution in [1.29, 1.82) is 0 Å². The van der Waals surface area contributed by atoms with E-state index in [4.69, 9.17) is 11.6 Å². The number of alkyl halides is 1. The van der Waals surface area contributed by atoms with E-state index in [9.17, 15) is 0 Å². The highest BCUT2D eigenvalue weighted by Crippen LogP contribution is 2.14. The molecule has 1 heterocycles. The second-order valence-corrected chi connectivity index (χ2v) is 4.05. The first-order valence-corrected chi connectivity index (χ1v) is 5.91. The van der Waals surface area contributed by atoms with E-state index in [0.29, 0.717) is 5.88 Å². The second-order valence-electron chi connectivity index (χ2n) is 3.78. The van der Waals surface area contributed by atoms with E-state index in [1.54, 1.807) is 4.68 Å². The number of nitrogens with zero attached hydrogens (tertiary/aromatic N) is 2. The molecule has 0 aliphatic carbocycles. The molecule has 2 rings (SSSR count). The monoisotopic (exact) mass is 244 g/mol. The van der Waals surface area contributed by atoms with Crippen LogP contribution < -0.4 is 0 Å². The summed E-state index contributed by atoms with van der Waals surface area (Å²) >= 11 is 5.90. The van der Waals surface area contributed by atoms with E-state index in [1.165, 1.54) is 0 Å². The third-order valence-corrected chi connectivity index (χ3v) is 2.83. The highest BCUT2D eigenvalue weighted by atomic mass is 35.5. The number of hydrogen-bond donors (Lipinski definition) is 0. The van der Waals surface area contributed by atoms with Crippen molar-refractivity contribution in [2.24, 2.45) is 7.05 Å². The van der Waals surface area contributed by atoms with Crippen LogP contribution in [0, 0.1) is 18.8 Å². The van der Waals surface area contributed by atoms with Gasteiger partial charge in [-0.05, 0) is 19.1 Å². The van der Waals surface area contributed by atoms with E-state index < -0.39 is 0 Å². The summed E-state index contributed by atoms with van der Waals surface area (Å²) in [5, 5.41) is 4.32. The number of aryl methyl sites for hydroxylation is 2. The van der Waals surface area contributed by atoms with Gasteiger partial charge in [-0.15, -0.1) is 11.6 Å². The third kappa shape index (κ3) is 2.51. The minimum atomic E-state index is 0.427. The van der Waals surface area contributed by atoms with E-state index in [0.717, 1.165) is 22.5 Å². The molecule has 0 spiro atoms. The Hall–Kier alpha value is -1.72. The molecule has 1 aromatic heterocycles. The second kappa shape index (κ2) is 5.07. The van der Waals surface area contributed by atoms with Crippen LogP contribution in [0.2, 0.25) is 0 Å². The molecule has 0 N–H and O–H groups in total. The van der Waals surface area contributed by atoms with Gasteiger partial charge in [0.2, 0.25) is 0 Å². The molecule has 0 unspecified atom stereocenters. The molecule has 0 atom stereocenters. The highest BCUT2D eigenvalue weighted by molar-refractivity contribution is 6.17. The van der Waals surface area contributed by atoms with Crippen LogP contribution in [0.3, 0.4) is 0 Å². The van der Waals surface area contributed by atoms with Crippen molar-refractivity contribution >= 4 is 11.6 Å². The molecule has 0 aliphatic heterocycles. The minimum Gasteiger partial charge on any atom is -0.270 e. The van der Waals surface area contributed by atoms with Crippen molar-refractivity contribution in [1.82, 2.24) is 9.78 Å². The van der Waals surface area contributed by atoms with E-state index in [2.05, 4.69) is 16.9 Å². The molecule has 0 bridgehead atoms. The first kappa shape index (κ1) is 11.8. The van der Waals surface area contributed by atoms with E-state index >= 15 is 0 Å². The molecule has 2 nitrogen and oxygen atoms in total. The van der Waals surface area contributed by atoms with Gasteiger partial charge in [-0.2, -0.15) is 5.10 Å². The molecule has 0 fully saturated rings. The molecule has 0 saturated carbocycles. The van der Waals surface area contributed by atoms with Crippen molar-refractivity contribution < 1.29 is 0 Å². The number of rotatable bonds is 1. The highest BCUT2D eigenvalue weighted by Gasteiger charge is 2.09. The quantitative estimate of drug-likeness (QED) is 0.557. The molecule has 0 radical (unpaired) electrons. The topological polar surface area (TPSA) is 17.8 Å². The zero-order valence-electron chi connectivity index (χ0n) is 9.87. The van der Waals surface area contributed by atoms with Gasteiger partial charge < -0.3 is 0 Å². The normalized spacial score (nSPS) is 9.82. The van der Waals surface area contributed by atoms with Gasteiger partial charge >= 0.3 is 0 Å². The molecule has 1 aromatic carbocycles. The third-order valence-electron chi connectivity index (χ3n) is 2.57. The fraction of sp³-hybridized carbons (Fsp3) is 0.214. The molecule has 86 valence electrons. The van der Waals surface area contributed by atoms with Gasteiger partial charge in [0.05, 0.1) is 22.8 Å². The summed E-state index contributed by atoms with van der Waals surface area (Å²) in [6, 6.07) is 9.90. The lowest BCUT2D eigenvalue weighted by molar-refractivity contribution is 0.726. The van der Waals surface area contributed by atoms with Crippen molar-refractivity contribution in [2.45, 2.75) is 12.8 Å². The predicted molar refractivity (Wildman–Crippen MR) is 69.9 cm³/mol. The summed E-state index contributed by atoms with van der Waals surface area (Å²) in [4.78, 5) is 0. The number of hydrogen-bond acceptors (Lipinski definition) is 1. The predicted octanol–water partition coefficient (Wildman–Crippen LogP) is 2.87. The summed E-state index contributed by atoms with van der Waals surface area (Å²) in [7, 11) is 1.89. The average Bonchev–Trinajstić information content (AvgIpc) is 2.62. The van der Waals surface area contributed by atoms with Gasteiger partial charge in [0.1, 0.15) is 0 Å². The van der Waals surface area contributed by atoms with Crippen molar-refractivity contribution in [3.63, 3.8) is 0 Å². The first-order valence-electron chi connectivity index (χ1n) is 5.38. The van der Waals surface area contributed by atoms with Crippen molar-refractivity contribution in [3.05, 3.63) is 52.8 Å². The van der Waals surface area contributed by atoms with E-state index in [-0.39, 0.29) is 0 Å². The van der Waals surface area contributed by atoms with Gasteiger partial charge in [-0.25, -0.2) is 0 Å². The molecule has 0 saturated heterocycles. The Bertz CT molecular complexity index is 574. The lowest BCUT2D eigenvalue weighted by Gasteiger charge is -1.95. The largest absolute Gasteiger partial charge is 0.270 e. The van der Waals surface area contributed by atoms with Gasteiger partial charge in [0.25, 0.3) is 0 Å². The van der Waals surface area contributed by atoms with Gasteiger partial charge in [0, 0.05) is 12.6 Å². The Morgan fingerprint density at radius 2 is 1.94 bits per heavy atom. The Balaban J connectivity index is 2.40. The fourth-order valence-electron chi connectivity index (χ4n) is 1.68. The molecule has 2 aromatic rings. The Morgan fingerprint density at radius 3 is 2.59 bits per heavy atom. The van der Waals surface area contributed by atoms with Gasteiger partial charge in [-0.3, -0.25) is 4.68 Å². The summed E-state index contributed by atoms with van der Waals surface area (Å²) in [6.45, 7) is 1.95. The SMILES string of the molecule is Cc1nn(C)c(CCl)c1C#Cc1ccccc1. The van der Waals surface area contributed by atoms with Crippen LogP contribution >= 0.6 is 11.6 Å². The summed E-state index contributed by atoms with van der Waals surface area (Å²) in [5.74, 6) is 6.71. The standard InChI is InChI=1S/C14H13ClN2/c1-11-13(14(10-15)17(2)16-11)9-8-12-6-4-3-5-7-12/h3-7H,10H2,1-2H3. The molecule has 17 heavy (non-hydrogen) atoms. The van der Waals surface area contributed by atoms with Gasteiger partial charge in [0.15, 0.2) is 0 Å². The van der Waals surface area contributed by atoms with E-state index in [1.807, 2.05) is 44.3 Å². The lowest BCUT2D eigenvalue weighted by atomic mass is 10.1. The van der Waals surface area contributed by atoms with Crippen LogP contribution in [-0.2, 0) is 12.9 Å². The molecular weight excluding hydrogens is 232 g/mol. The maximum Gasteiger partial charge on any atom is 0.0753 e.